The quantitative estimate of drug-likeness (QED) is 0.823. The maximum atomic E-state index is 13.2. The average molecular weight is 382 g/mol. The van der Waals surface area contributed by atoms with Gasteiger partial charge in [0.15, 0.2) is 0 Å². The second-order valence-corrected chi connectivity index (χ2v) is 8.56. The van der Waals surface area contributed by atoms with E-state index in [0.29, 0.717) is 11.6 Å². The van der Waals surface area contributed by atoms with E-state index in [9.17, 15) is 9.18 Å². The third kappa shape index (κ3) is 5.10. The van der Waals surface area contributed by atoms with Crippen molar-refractivity contribution in [3.05, 3.63) is 29.0 Å². The molecule has 2 fully saturated rings. The molecule has 2 aliphatic rings. The van der Waals surface area contributed by atoms with Crippen LogP contribution in [0.4, 0.5) is 14.9 Å². The molecule has 4 nitrogen and oxygen atoms in total. The molecule has 1 aromatic carbocycles. The highest BCUT2D eigenvalue weighted by atomic mass is 35.5. The molecule has 2 aliphatic heterocycles. The summed E-state index contributed by atoms with van der Waals surface area (Å²) in [6.07, 6.45) is 3.41. The van der Waals surface area contributed by atoms with Gasteiger partial charge in [0.1, 0.15) is 5.82 Å². The van der Waals surface area contributed by atoms with Gasteiger partial charge in [-0.05, 0) is 55.2 Å². The standard InChI is InChI=1S/C20H29ClFN3O/c1-14-9-15(2)12-24(11-14)13-16-5-7-25(8-6-16)20(26)23-17-3-4-19(22)18(21)10-17/h3-4,10,14-16H,5-9,11-13H2,1-2H3,(H,23,26)/t14-,15-/m1/s1. The summed E-state index contributed by atoms with van der Waals surface area (Å²) >= 11 is 5.77. The highest BCUT2D eigenvalue weighted by molar-refractivity contribution is 6.31. The molecule has 2 heterocycles. The lowest BCUT2D eigenvalue weighted by Gasteiger charge is -2.39. The molecule has 2 amide bonds. The smallest absolute Gasteiger partial charge is 0.321 e. The van der Waals surface area contributed by atoms with Gasteiger partial charge in [-0.1, -0.05) is 25.4 Å². The van der Waals surface area contributed by atoms with Crippen LogP contribution in [0.3, 0.4) is 0 Å². The summed E-state index contributed by atoms with van der Waals surface area (Å²) in [5.41, 5.74) is 0.528. The number of hydrogen-bond donors (Lipinski definition) is 1. The number of carbonyl (C=O) groups excluding carboxylic acids is 1. The zero-order chi connectivity index (χ0) is 18.7. The van der Waals surface area contributed by atoms with E-state index in [4.69, 9.17) is 11.6 Å². The van der Waals surface area contributed by atoms with Crippen molar-refractivity contribution in [2.75, 3.05) is 38.0 Å². The maximum Gasteiger partial charge on any atom is 0.321 e. The Labute approximate surface area is 160 Å². The molecule has 26 heavy (non-hydrogen) atoms. The molecule has 2 saturated heterocycles. The Balaban J connectivity index is 1.45. The van der Waals surface area contributed by atoms with Crippen LogP contribution in [0.25, 0.3) is 0 Å². The van der Waals surface area contributed by atoms with Gasteiger partial charge in [-0.2, -0.15) is 0 Å². The van der Waals surface area contributed by atoms with Gasteiger partial charge in [0.2, 0.25) is 0 Å². The van der Waals surface area contributed by atoms with Gasteiger partial charge >= 0.3 is 6.03 Å². The van der Waals surface area contributed by atoms with Crippen LogP contribution in [-0.2, 0) is 0 Å². The summed E-state index contributed by atoms with van der Waals surface area (Å²) in [6.45, 7) is 9.79. The van der Waals surface area contributed by atoms with Crippen molar-refractivity contribution in [2.45, 2.75) is 33.1 Å². The first-order valence-electron chi connectivity index (χ1n) is 9.64. The molecule has 144 valence electrons. The summed E-state index contributed by atoms with van der Waals surface area (Å²) in [4.78, 5) is 16.9. The summed E-state index contributed by atoms with van der Waals surface area (Å²) in [5, 5.41) is 2.83. The second kappa shape index (κ2) is 8.57. The fourth-order valence-electron chi connectivity index (χ4n) is 4.40. The Morgan fingerprint density at radius 3 is 2.50 bits per heavy atom. The van der Waals surface area contributed by atoms with Gasteiger partial charge in [-0.15, -0.1) is 0 Å². The number of hydrogen-bond acceptors (Lipinski definition) is 2. The average Bonchev–Trinajstić information content (AvgIpc) is 2.58. The van der Waals surface area contributed by atoms with Gasteiger partial charge in [-0.25, -0.2) is 9.18 Å². The first-order chi connectivity index (χ1) is 12.4. The minimum atomic E-state index is -0.480. The molecule has 0 spiro atoms. The molecule has 0 aromatic heterocycles. The highest BCUT2D eigenvalue weighted by Gasteiger charge is 2.27. The first-order valence-corrected chi connectivity index (χ1v) is 10.0. The number of anilines is 1. The van der Waals surface area contributed by atoms with Crippen molar-refractivity contribution in [1.82, 2.24) is 9.80 Å². The highest BCUT2D eigenvalue weighted by Crippen LogP contribution is 2.25. The van der Waals surface area contributed by atoms with Crippen LogP contribution in [0, 0.1) is 23.6 Å². The Morgan fingerprint density at radius 2 is 1.88 bits per heavy atom. The molecule has 0 radical (unpaired) electrons. The molecular weight excluding hydrogens is 353 g/mol. The maximum absolute atomic E-state index is 13.2. The number of piperidine rings is 2. The number of carbonyl (C=O) groups is 1. The largest absolute Gasteiger partial charge is 0.325 e. The van der Waals surface area contributed by atoms with Crippen LogP contribution in [-0.4, -0.2) is 48.6 Å². The zero-order valence-corrected chi connectivity index (χ0v) is 16.4. The molecule has 1 N–H and O–H groups in total. The minimum absolute atomic E-state index is 0.0199. The number of amides is 2. The third-order valence-corrected chi connectivity index (χ3v) is 5.82. The van der Waals surface area contributed by atoms with Crippen molar-refractivity contribution < 1.29 is 9.18 Å². The summed E-state index contributed by atoms with van der Waals surface area (Å²) in [6, 6.07) is 4.11. The lowest BCUT2D eigenvalue weighted by molar-refractivity contribution is 0.101. The number of nitrogens with zero attached hydrogens (tertiary/aromatic N) is 2. The lowest BCUT2D eigenvalue weighted by atomic mass is 9.89. The van der Waals surface area contributed by atoms with E-state index in [-0.39, 0.29) is 11.1 Å². The predicted molar refractivity (Wildman–Crippen MR) is 104 cm³/mol. The molecule has 0 aliphatic carbocycles. The van der Waals surface area contributed by atoms with E-state index in [1.54, 1.807) is 0 Å². The van der Waals surface area contributed by atoms with Crippen LogP contribution in [0.2, 0.25) is 5.02 Å². The van der Waals surface area contributed by atoms with Gasteiger partial charge in [-0.3, -0.25) is 0 Å². The molecule has 0 bridgehead atoms. The number of benzene rings is 1. The molecule has 3 rings (SSSR count). The van der Waals surface area contributed by atoms with Crippen LogP contribution in [0.15, 0.2) is 18.2 Å². The van der Waals surface area contributed by atoms with Gasteiger partial charge in [0.05, 0.1) is 5.02 Å². The predicted octanol–water partition coefficient (Wildman–Crippen LogP) is 4.70. The molecule has 0 saturated carbocycles. The molecule has 0 unspecified atom stereocenters. The van der Waals surface area contributed by atoms with E-state index in [1.807, 2.05) is 4.90 Å². The van der Waals surface area contributed by atoms with Crippen LogP contribution in [0.1, 0.15) is 33.1 Å². The van der Waals surface area contributed by atoms with Crippen LogP contribution in [0.5, 0.6) is 0 Å². The number of urea groups is 1. The monoisotopic (exact) mass is 381 g/mol. The number of rotatable bonds is 3. The zero-order valence-electron chi connectivity index (χ0n) is 15.7. The van der Waals surface area contributed by atoms with Gasteiger partial charge < -0.3 is 15.1 Å². The van der Waals surface area contributed by atoms with E-state index in [1.165, 1.54) is 37.7 Å². The molecular formula is C20H29ClFN3O. The van der Waals surface area contributed by atoms with Gasteiger partial charge in [0, 0.05) is 38.4 Å². The summed E-state index contributed by atoms with van der Waals surface area (Å²) in [5.74, 6) is 1.75. The van der Waals surface area contributed by atoms with Crippen molar-refractivity contribution in [1.29, 1.82) is 0 Å². The Hall–Kier alpha value is -1.33. The Morgan fingerprint density at radius 1 is 1.23 bits per heavy atom. The molecule has 2 atom stereocenters. The fourth-order valence-corrected chi connectivity index (χ4v) is 4.58. The number of halogens is 2. The first kappa shape index (κ1) is 19.4. The van der Waals surface area contributed by atoms with Crippen molar-refractivity contribution in [3.8, 4) is 0 Å². The van der Waals surface area contributed by atoms with E-state index >= 15 is 0 Å². The van der Waals surface area contributed by atoms with E-state index in [0.717, 1.165) is 44.3 Å². The molecule has 6 heteroatoms. The van der Waals surface area contributed by atoms with Crippen molar-refractivity contribution in [2.24, 2.45) is 17.8 Å². The third-order valence-electron chi connectivity index (χ3n) is 5.53. The number of likely N-dealkylation sites (tertiary alicyclic amines) is 2. The minimum Gasteiger partial charge on any atom is -0.325 e. The normalized spacial score (nSPS) is 25.3. The summed E-state index contributed by atoms with van der Waals surface area (Å²) in [7, 11) is 0. The second-order valence-electron chi connectivity index (χ2n) is 8.15. The van der Waals surface area contributed by atoms with Crippen LogP contribution >= 0.6 is 11.6 Å². The number of nitrogens with one attached hydrogen (secondary N) is 1. The van der Waals surface area contributed by atoms with Crippen molar-refractivity contribution in [3.63, 3.8) is 0 Å². The van der Waals surface area contributed by atoms with Gasteiger partial charge in [0.25, 0.3) is 0 Å². The summed E-state index contributed by atoms with van der Waals surface area (Å²) < 4.78 is 13.2. The molecule has 1 aromatic rings. The van der Waals surface area contributed by atoms with E-state index in [2.05, 4.69) is 24.1 Å². The fraction of sp³-hybridized carbons (Fsp3) is 0.650. The topological polar surface area (TPSA) is 35.6 Å². The Bertz CT molecular complexity index is 623. The lowest BCUT2D eigenvalue weighted by Crippen LogP contribution is -2.46. The van der Waals surface area contributed by atoms with Crippen molar-refractivity contribution >= 4 is 23.3 Å². The Kier molecular flexibility index (Phi) is 6.41. The SMILES string of the molecule is C[C@@H]1C[C@@H](C)CN(CC2CCN(C(=O)Nc3ccc(F)c(Cl)c3)CC2)C1. The van der Waals surface area contributed by atoms with Crippen LogP contribution < -0.4 is 5.32 Å². The van der Waals surface area contributed by atoms with E-state index < -0.39 is 5.82 Å².